The molecule has 1 aromatic carbocycles. The average Bonchev–Trinajstić information content (AvgIpc) is 2.77. The summed E-state index contributed by atoms with van der Waals surface area (Å²) in [4.78, 5) is 13.2. The van der Waals surface area contributed by atoms with Crippen LogP contribution in [0.15, 0.2) is 30.5 Å². The van der Waals surface area contributed by atoms with Gasteiger partial charge in [0.25, 0.3) is 0 Å². The largest absolute Gasteiger partial charge is 0.392 e. The molecule has 0 spiro atoms. The second-order valence-corrected chi connectivity index (χ2v) is 4.60. The standard InChI is InChI=1S/C14H18N2O2/c1-15(2)14(18)6-8-16-7-5-12-4-3-11(10-17)9-13(12)16/h3-5,7,9,17H,6,8,10H2,1-2H3. The molecule has 0 saturated heterocycles. The van der Waals surface area contributed by atoms with E-state index in [2.05, 4.69) is 4.57 Å². The molecule has 0 atom stereocenters. The summed E-state index contributed by atoms with van der Waals surface area (Å²) in [6.45, 7) is 0.702. The van der Waals surface area contributed by atoms with E-state index >= 15 is 0 Å². The number of aliphatic hydroxyl groups excluding tert-OH is 1. The number of fused-ring (bicyclic) bond motifs is 1. The Labute approximate surface area is 106 Å². The summed E-state index contributed by atoms with van der Waals surface area (Å²) in [7, 11) is 3.53. The topological polar surface area (TPSA) is 45.5 Å². The second-order valence-electron chi connectivity index (χ2n) is 4.60. The molecule has 1 N–H and O–H groups in total. The van der Waals surface area contributed by atoms with Crippen molar-refractivity contribution in [2.45, 2.75) is 19.6 Å². The number of aryl methyl sites for hydroxylation is 1. The highest BCUT2D eigenvalue weighted by Gasteiger charge is 2.06. The summed E-state index contributed by atoms with van der Waals surface area (Å²) in [5.74, 6) is 0.121. The van der Waals surface area contributed by atoms with Gasteiger partial charge in [0.05, 0.1) is 6.61 Å². The molecule has 0 aliphatic carbocycles. The fraction of sp³-hybridized carbons (Fsp3) is 0.357. The van der Waals surface area contributed by atoms with Gasteiger partial charge < -0.3 is 14.6 Å². The van der Waals surface area contributed by atoms with Crippen molar-refractivity contribution in [3.63, 3.8) is 0 Å². The Morgan fingerprint density at radius 2 is 2.11 bits per heavy atom. The van der Waals surface area contributed by atoms with Crippen LogP contribution >= 0.6 is 0 Å². The first kappa shape index (κ1) is 12.6. The fourth-order valence-corrected chi connectivity index (χ4v) is 1.96. The maximum atomic E-state index is 11.6. The van der Waals surface area contributed by atoms with E-state index in [1.54, 1.807) is 19.0 Å². The maximum Gasteiger partial charge on any atom is 0.223 e. The van der Waals surface area contributed by atoms with Crippen LogP contribution in [0.3, 0.4) is 0 Å². The number of aliphatic hydroxyl groups is 1. The zero-order valence-corrected chi connectivity index (χ0v) is 10.8. The highest BCUT2D eigenvalue weighted by molar-refractivity contribution is 5.81. The van der Waals surface area contributed by atoms with Crippen LogP contribution in [-0.2, 0) is 17.9 Å². The molecule has 0 saturated carbocycles. The van der Waals surface area contributed by atoms with Gasteiger partial charge in [-0.1, -0.05) is 12.1 Å². The molecule has 0 aliphatic heterocycles. The molecule has 2 rings (SSSR count). The van der Waals surface area contributed by atoms with Crippen LogP contribution in [0.4, 0.5) is 0 Å². The molecule has 0 aliphatic rings. The number of rotatable bonds is 4. The molecule has 4 nitrogen and oxygen atoms in total. The Morgan fingerprint density at radius 3 is 2.78 bits per heavy atom. The van der Waals surface area contributed by atoms with Crippen LogP contribution in [0.1, 0.15) is 12.0 Å². The number of carbonyl (C=O) groups excluding carboxylic acids is 1. The summed E-state index contributed by atoms with van der Waals surface area (Å²) in [5.41, 5.74) is 1.95. The van der Waals surface area contributed by atoms with Crippen molar-refractivity contribution in [2.75, 3.05) is 14.1 Å². The molecule has 0 bridgehead atoms. The average molecular weight is 246 g/mol. The lowest BCUT2D eigenvalue weighted by Gasteiger charge is -2.11. The molecule has 0 fully saturated rings. The van der Waals surface area contributed by atoms with Crippen molar-refractivity contribution >= 4 is 16.8 Å². The smallest absolute Gasteiger partial charge is 0.223 e. The third kappa shape index (κ3) is 2.54. The van der Waals surface area contributed by atoms with Gasteiger partial charge in [-0.2, -0.15) is 0 Å². The fourth-order valence-electron chi connectivity index (χ4n) is 1.96. The monoisotopic (exact) mass is 246 g/mol. The SMILES string of the molecule is CN(C)C(=O)CCn1ccc2ccc(CO)cc21. The third-order valence-corrected chi connectivity index (χ3v) is 3.09. The van der Waals surface area contributed by atoms with Crippen LogP contribution < -0.4 is 0 Å². The van der Waals surface area contributed by atoms with Gasteiger partial charge in [-0.25, -0.2) is 0 Å². The maximum absolute atomic E-state index is 11.6. The first-order valence-corrected chi connectivity index (χ1v) is 6.00. The predicted octanol–water partition coefficient (Wildman–Crippen LogP) is 1.61. The highest BCUT2D eigenvalue weighted by atomic mass is 16.3. The van der Waals surface area contributed by atoms with Crippen LogP contribution in [-0.4, -0.2) is 34.6 Å². The molecule has 1 heterocycles. The summed E-state index contributed by atoms with van der Waals surface area (Å²) >= 11 is 0. The van der Waals surface area contributed by atoms with E-state index in [9.17, 15) is 4.79 Å². The highest BCUT2D eigenvalue weighted by Crippen LogP contribution is 2.18. The van der Waals surface area contributed by atoms with E-state index in [-0.39, 0.29) is 12.5 Å². The van der Waals surface area contributed by atoms with E-state index in [4.69, 9.17) is 5.11 Å². The van der Waals surface area contributed by atoms with E-state index in [1.165, 1.54) is 0 Å². The number of hydrogen-bond donors (Lipinski definition) is 1. The summed E-state index contributed by atoms with van der Waals surface area (Å²) in [5, 5.41) is 10.3. The Balaban J connectivity index is 2.20. The number of amides is 1. The summed E-state index contributed by atoms with van der Waals surface area (Å²) < 4.78 is 2.05. The van der Waals surface area contributed by atoms with Crippen molar-refractivity contribution < 1.29 is 9.90 Å². The van der Waals surface area contributed by atoms with Gasteiger partial charge in [-0.3, -0.25) is 4.79 Å². The van der Waals surface area contributed by atoms with Crippen LogP contribution in [0.2, 0.25) is 0 Å². The minimum Gasteiger partial charge on any atom is -0.392 e. The minimum absolute atomic E-state index is 0.0394. The van der Waals surface area contributed by atoms with Crippen molar-refractivity contribution in [3.05, 3.63) is 36.0 Å². The summed E-state index contributed by atoms with van der Waals surface area (Å²) in [6.07, 6.45) is 2.47. The van der Waals surface area contributed by atoms with Crippen LogP contribution in [0, 0.1) is 0 Å². The number of carbonyl (C=O) groups is 1. The second kappa shape index (κ2) is 5.23. The van der Waals surface area contributed by atoms with Crippen LogP contribution in [0.25, 0.3) is 10.9 Å². The predicted molar refractivity (Wildman–Crippen MR) is 71.2 cm³/mol. The number of nitrogens with zero attached hydrogens (tertiary/aromatic N) is 2. The Hall–Kier alpha value is -1.81. The first-order chi connectivity index (χ1) is 8.61. The van der Waals surface area contributed by atoms with Gasteiger partial charge in [0.2, 0.25) is 5.91 Å². The lowest BCUT2D eigenvalue weighted by atomic mass is 10.2. The molecular formula is C14H18N2O2. The van der Waals surface area contributed by atoms with Gasteiger partial charge in [0.15, 0.2) is 0 Å². The van der Waals surface area contributed by atoms with Crippen molar-refractivity contribution in [2.24, 2.45) is 0 Å². The lowest BCUT2D eigenvalue weighted by molar-refractivity contribution is -0.128. The van der Waals surface area contributed by atoms with E-state index in [0.29, 0.717) is 13.0 Å². The number of benzene rings is 1. The molecule has 0 unspecified atom stereocenters. The Kier molecular flexibility index (Phi) is 3.67. The molecule has 4 heteroatoms. The van der Waals surface area contributed by atoms with Crippen molar-refractivity contribution in [1.82, 2.24) is 9.47 Å². The molecule has 96 valence electrons. The molecular weight excluding hydrogens is 228 g/mol. The molecule has 18 heavy (non-hydrogen) atoms. The quantitative estimate of drug-likeness (QED) is 0.891. The van der Waals surface area contributed by atoms with Gasteiger partial charge in [0.1, 0.15) is 0 Å². The minimum atomic E-state index is 0.0394. The normalized spacial score (nSPS) is 10.8. The lowest BCUT2D eigenvalue weighted by Crippen LogP contribution is -2.22. The zero-order chi connectivity index (χ0) is 13.1. The van der Waals surface area contributed by atoms with Gasteiger partial charge in [-0.15, -0.1) is 0 Å². The molecule has 2 aromatic rings. The van der Waals surface area contributed by atoms with E-state index < -0.39 is 0 Å². The van der Waals surface area contributed by atoms with Crippen LogP contribution in [0.5, 0.6) is 0 Å². The zero-order valence-electron chi connectivity index (χ0n) is 10.8. The summed E-state index contributed by atoms with van der Waals surface area (Å²) in [6, 6.07) is 7.90. The van der Waals surface area contributed by atoms with Crippen molar-refractivity contribution in [3.8, 4) is 0 Å². The molecule has 1 aromatic heterocycles. The van der Waals surface area contributed by atoms with Crippen molar-refractivity contribution in [1.29, 1.82) is 0 Å². The Bertz CT molecular complexity index is 558. The first-order valence-electron chi connectivity index (χ1n) is 6.00. The van der Waals surface area contributed by atoms with E-state index in [0.717, 1.165) is 16.5 Å². The van der Waals surface area contributed by atoms with E-state index in [1.807, 2.05) is 30.5 Å². The number of aromatic nitrogens is 1. The molecule has 0 radical (unpaired) electrons. The number of hydrogen-bond acceptors (Lipinski definition) is 2. The molecule has 1 amide bonds. The van der Waals surface area contributed by atoms with Gasteiger partial charge >= 0.3 is 0 Å². The Morgan fingerprint density at radius 1 is 1.33 bits per heavy atom. The van der Waals surface area contributed by atoms with Gasteiger partial charge in [-0.05, 0) is 23.1 Å². The third-order valence-electron chi connectivity index (χ3n) is 3.09. The van der Waals surface area contributed by atoms with Gasteiger partial charge in [0, 0.05) is 38.8 Å².